The molecule has 18 heavy (non-hydrogen) atoms. The van der Waals surface area contributed by atoms with Crippen molar-refractivity contribution >= 4 is 27.5 Å². The molecule has 102 valence electrons. The zero-order valence-corrected chi connectivity index (χ0v) is 11.6. The molecule has 0 aromatic heterocycles. The first-order valence-corrected chi connectivity index (χ1v) is 6.43. The van der Waals surface area contributed by atoms with Crippen molar-refractivity contribution in [2.45, 2.75) is 12.7 Å². The van der Waals surface area contributed by atoms with Crippen molar-refractivity contribution in [1.29, 1.82) is 0 Å². The van der Waals surface area contributed by atoms with Gasteiger partial charge in [-0.15, -0.1) is 11.6 Å². The van der Waals surface area contributed by atoms with Crippen LogP contribution in [0, 0.1) is 5.82 Å². The van der Waals surface area contributed by atoms with Crippen molar-refractivity contribution in [3.8, 4) is 0 Å². The van der Waals surface area contributed by atoms with Gasteiger partial charge in [0.15, 0.2) is 0 Å². The van der Waals surface area contributed by atoms with E-state index >= 15 is 0 Å². The number of nitrogens with zero attached hydrogens (tertiary/aromatic N) is 1. The topological polar surface area (TPSA) is 3.24 Å². The lowest BCUT2D eigenvalue weighted by Crippen LogP contribution is -2.35. The van der Waals surface area contributed by atoms with E-state index in [1.807, 2.05) is 0 Å². The van der Waals surface area contributed by atoms with Crippen molar-refractivity contribution in [3.63, 3.8) is 0 Å². The summed E-state index contributed by atoms with van der Waals surface area (Å²) in [7, 11) is 0. The number of hydrogen-bond donors (Lipinski definition) is 0. The number of halogens is 6. The molecule has 1 rings (SSSR count). The fraction of sp³-hybridized carbons (Fsp3) is 0.455. The van der Waals surface area contributed by atoms with Crippen LogP contribution < -0.4 is 0 Å². The predicted molar refractivity (Wildman–Crippen MR) is 66.2 cm³/mol. The van der Waals surface area contributed by atoms with Gasteiger partial charge in [0.2, 0.25) is 0 Å². The summed E-state index contributed by atoms with van der Waals surface area (Å²) in [5.41, 5.74) is 0.469. The molecule has 1 nitrogen and oxygen atoms in total. The second-order valence-corrected chi connectivity index (χ2v) is 5.09. The van der Waals surface area contributed by atoms with Crippen LogP contribution >= 0.6 is 27.5 Å². The second kappa shape index (κ2) is 6.73. The minimum absolute atomic E-state index is 0.00257. The number of hydrogen-bond acceptors (Lipinski definition) is 1. The predicted octanol–water partition coefficient (Wildman–Crippen LogP) is 4.19. The van der Waals surface area contributed by atoms with E-state index in [-0.39, 0.29) is 19.0 Å². The molecule has 0 aliphatic carbocycles. The maximum Gasteiger partial charge on any atom is 0.401 e. The summed E-state index contributed by atoms with van der Waals surface area (Å²) in [6, 6.07) is 4.04. The van der Waals surface area contributed by atoms with Crippen molar-refractivity contribution in [2.24, 2.45) is 0 Å². The molecule has 7 heteroatoms. The van der Waals surface area contributed by atoms with Gasteiger partial charge in [0.25, 0.3) is 0 Å². The van der Waals surface area contributed by atoms with Crippen LogP contribution in [0.1, 0.15) is 5.56 Å². The Labute approximate surface area is 116 Å². The highest BCUT2D eigenvalue weighted by Gasteiger charge is 2.30. The van der Waals surface area contributed by atoms with Gasteiger partial charge in [-0.2, -0.15) is 13.2 Å². The van der Waals surface area contributed by atoms with E-state index in [0.29, 0.717) is 10.0 Å². The molecule has 1 aromatic rings. The van der Waals surface area contributed by atoms with Crippen LogP contribution in [0.25, 0.3) is 0 Å². The van der Waals surface area contributed by atoms with Crippen LogP contribution in [-0.4, -0.2) is 30.0 Å². The summed E-state index contributed by atoms with van der Waals surface area (Å²) in [4.78, 5) is 1.13. The van der Waals surface area contributed by atoms with E-state index in [1.165, 1.54) is 12.1 Å². The molecule has 0 radical (unpaired) electrons. The third-order valence-corrected chi connectivity index (χ3v) is 2.76. The number of rotatable bonds is 5. The van der Waals surface area contributed by atoms with E-state index < -0.39 is 18.5 Å². The second-order valence-electron chi connectivity index (χ2n) is 3.79. The molecule has 0 N–H and O–H groups in total. The minimum atomic E-state index is -4.30. The fourth-order valence-corrected chi connectivity index (χ4v) is 2.30. The normalized spacial score (nSPS) is 12.2. The van der Waals surface area contributed by atoms with Crippen molar-refractivity contribution < 1.29 is 17.6 Å². The molecular weight excluding hydrogens is 337 g/mol. The third-order valence-electron chi connectivity index (χ3n) is 2.13. The Balaban J connectivity index is 2.76. The highest BCUT2D eigenvalue weighted by Crippen LogP contribution is 2.20. The van der Waals surface area contributed by atoms with Crippen molar-refractivity contribution in [3.05, 3.63) is 34.1 Å². The molecule has 0 unspecified atom stereocenters. The Morgan fingerprint density at radius 1 is 1.22 bits per heavy atom. The summed E-state index contributed by atoms with van der Waals surface area (Å²) >= 11 is 8.56. The highest BCUT2D eigenvalue weighted by atomic mass is 79.9. The van der Waals surface area contributed by atoms with Gasteiger partial charge in [0.05, 0.1) is 6.54 Å². The lowest BCUT2D eigenvalue weighted by molar-refractivity contribution is -0.146. The van der Waals surface area contributed by atoms with Crippen LogP contribution in [-0.2, 0) is 6.54 Å². The first-order valence-electron chi connectivity index (χ1n) is 5.10. The van der Waals surface area contributed by atoms with Gasteiger partial charge in [0.1, 0.15) is 5.82 Å². The SMILES string of the molecule is Fc1cc(Br)cc(CN(CCCl)CC(F)(F)F)c1. The Morgan fingerprint density at radius 2 is 1.89 bits per heavy atom. The Bertz CT molecular complexity index is 377. The Kier molecular flexibility index (Phi) is 5.88. The van der Waals surface area contributed by atoms with Gasteiger partial charge < -0.3 is 0 Å². The van der Waals surface area contributed by atoms with Gasteiger partial charge in [0, 0.05) is 23.4 Å². The average molecular weight is 349 g/mol. The van der Waals surface area contributed by atoms with Gasteiger partial charge in [-0.3, -0.25) is 4.90 Å². The van der Waals surface area contributed by atoms with Gasteiger partial charge in [-0.1, -0.05) is 15.9 Å². The van der Waals surface area contributed by atoms with Gasteiger partial charge >= 0.3 is 6.18 Å². The molecule has 0 fully saturated rings. The fourth-order valence-electron chi connectivity index (χ4n) is 1.55. The third kappa shape index (κ3) is 6.02. The van der Waals surface area contributed by atoms with Crippen LogP contribution in [0.2, 0.25) is 0 Å². The summed E-state index contributed by atoms with van der Waals surface area (Å²) in [5.74, 6) is -0.399. The van der Waals surface area contributed by atoms with E-state index in [0.717, 1.165) is 4.90 Å². The molecular formula is C11H11BrClF4N. The summed E-state index contributed by atoms with van der Waals surface area (Å²) in [6.45, 7) is -0.967. The lowest BCUT2D eigenvalue weighted by atomic mass is 10.2. The molecule has 0 saturated carbocycles. The van der Waals surface area contributed by atoms with Gasteiger partial charge in [-0.05, 0) is 23.8 Å². The van der Waals surface area contributed by atoms with Crippen molar-refractivity contribution in [1.82, 2.24) is 4.90 Å². The first-order chi connectivity index (χ1) is 8.30. The standard InChI is InChI=1S/C11H11BrClF4N/c12-9-3-8(4-10(14)5-9)6-18(2-1-13)7-11(15,16)17/h3-5H,1-2,6-7H2. The van der Waals surface area contributed by atoms with E-state index in [1.54, 1.807) is 6.07 Å². The molecule has 0 amide bonds. The van der Waals surface area contributed by atoms with Crippen LogP contribution in [0.5, 0.6) is 0 Å². The maximum atomic E-state index is 13.1. The average Bonchev–Trinajstić information content (AvgIpc) is 2.12. The minimum Gasteiger partial charge on any atom is -0.290 e. The quantitative estimate of drug-likeness (QED) is 0.570. The maximum absolute atomic E-state index is 13.1. The first kappa shape index (κ1) is 15.7. The van der Waals surface area contributed by atoms with E-state index in [2.05, 4.69) is 15.9 Å². The zero-order valence-electron chi connectivity index (χ0n) is 9.28. The Morgan fingerprint density at radius 3 is 2.39 bits per heavy atom. The summed E-state index contributed by atoms with van der Waals surface area (Å²) < 4.78 is 50.6. The van der Waals surface area contributed by atoms with Crippen LogP contribution in [0.4, 0.5) is 17.6 Å². The Hall–Kier alpha value is -0.330. The van der Waals surface area contributed by atoms with Crippen molar-refractivity contribution in [2.75, 3.05) is 19.0 Å². The molecule has 0 bridgehead atoms. The molecule has 1 aromatic carbocycles. The van der Waals surface area contributed by atoms with Crippen LogP contribution in [0.3, 0.4) is 0 Å². The summed E-state index contributed by atoms with van der Waals surface area (Å²) in [6.07, 6.45) is -4.30. The molecule has 0 saturated heterocycles. The molecule has 0 atom stereocenters. The lowest BCUT2D eigenvalue weighted by Gasteiger charge is -2.22. The molecule has 0 aliphatic rings. The van der Waals surface area contributed by atoms with Gasteiger partial charge in [-0.25, -0.2) is 4.39 Å². The monoisotopic (exact) mass is 347 g/mol. The van der Waals surface area contributed by atoms with Crippen LogP contribution in [0.15, 0.2) is 22.7 Å². The largest absolute Gasteiger partial charge is 0.401 e. The molecule has 0 heterocycles. The van der Waals surface area contributed by atoms with E-state index in [4.69, 9.17) is 11.6 Å². The smallest absolute Gasteiger partial charge is 0.290 e. The summed E-state index contributed by atoms with van der Waals surface area (Å²) in [5, 5.41) is 0. The highest BCUT2D eigenvalue weighted by molar-refractivity contribution is 9.10. The zero-order chi connectivity index (χ0) is 13.8. The molecule has 0 spiro atoms. The number of benzene rings is 1. The molecule has 0 aliphatic heterocycles. The van der Waals surface area contributed by atoms with E-state index in [9.17, 15) is 17.6 Å². The number of alkyl halides is 4.